The lowest BCUT2D eigenvalue weighted by atomic mass is 10.5. The van der Waals surface area contributed by atoms with Crippen LogP contribution in [0, 0.1) is 0 Å². The molecule has 0 N–H and O–H groups in total. The van der Waals surface area contributed by atoms with E-state index in [1.54, 1.807) is 0 Å². The van der Waals surface area contributed by atoms with Crippen LogP contribution >= 0.6 is 12.9 Å². The number of hydrogen-bond donors (Lipinski definition) is 0. The van der Waals surface area contributed by atoms with Crippen molar-refractivity contribution in [2.45, 2.75) is 4.05 Å². The van der Waals surface area contributed by atoms with Crippen LogP contribution in [-0.2, 0) is 0 Å². The predicted octanol–water partition coefficient (Wildman–Crippen LogP) is 1.92. The number of allylic oxidation sites excluding steroid dienone is 4. The van der Waals surface area contributed by atoms with Gasteiger partial charge in [0.25, 0.3) is 0 Å². The minimum atomic E-state index is 0.0293. The highest BCUT2D eigenvalue weighted by molar-refractivity contribution is 9.23. The number of halogens is 1. The second-order valence-electron chi connectivity index (χ2n) is 1.59. The quantitative estimate of drug-likeness (QED) is 0.526. The summed E-state index contributed by atoms with van der Waals surface area (Å²) in [5, 5.41) is 0. The molecule has 0 unspecified atom stereocenters. The van der Waals surface area contributed by atoms with Crippen LogP contribution in [0.4, 0.5) is 0 Å². The first-order valence-corrected chi connectivity index (χ1v) is 7.06. The average molecular weight is 169 g/mol. The van der Waals surface area contributed by atoms with Crippen molar-refractivity contribution in [1.29, 1.82) is 0 Å². The molecular formula is C5H5BrMg. The number of hydrogen-bond acceptors (Lipinski definition) is 0. The first-order valence-electron chi connectivity index (χ1n) is 2.34. The average Bonchev–Trinajstić information content (AvgIpc) is 2.14. The second-order valence-corrected chi connectivity index (χ2v) is 4.78. The molecule has 0 aromatic heterocycles. The van der Waals surface area contributed by atoms with Crippen LogP contribution in [0.25, 0.3) is 0 Å². The molecular weight excluding hydrogens is 164 g/mol. The van der Waals surface area contributed by atoms with Crippen molar-refractivity contribution in [2.75, 3.05) is 0 Å². The molecule has 0 aliphatic heterocycles. The Hall–Kier alpha value is 0.726. The summed E-state index contributed by atoms with van der Waals surface area (Å²) < 4.78 is 0.792. The van der Waals surface area contributed by atoms with Crippen LogP contribution in [0.5, 0.6) is 0 Å². The standard InChI is InChI=1S/C5H5.BrH.Mg/c1-2-4-5-3-1;;/h1-5H;1H;/q;;+1/p-1. The predicted molar refractivity (Wildman–Crippen MR) is 36.7 cm³/mol. The summed E-state index contributed by atoms with van der Waals surface area (Å²) in [5.41, 5.74) is 0. The molecule has 0 bridgehead atoms. The lowest BCUT2D eigenvalue weighted by molar-refractivity contribution is 1.42. The van der Waals surface area contributed by atoms with E-state index in [0.717, 1.165) is 4.05 Å². The highest BCUT2D eigenvalue weighted by Crippen LogP contribution is 2.14. The van der Waals surface area contributed by atoms with E-state index in [4.69, 9.17) is 0 Å². The van der Waals surface area contributed by atoms with Crippen LogP contribution in [0.2, 0.25) is 4.05 Å². The first-order chi connectivity index (χ1) is 3.43. The van der Waals surface area contributed by atoms with Crippen LogP contribution < -0.4 is 0 Å². The Morgan fingerprint density at radius 1 is 1.29 bits per heavy atom. The molecule has 34 valence electrons. The van der Waals surface area contributed by atoms with Gasteiger partial charge in [-0.25, -0.2) is 0 Å². The molecule has 0 nitrogen and oxygen atoms in total. The monoisotopic (exact) mass is 168 g/mol. The van der Waals surface area contributed by atoms with Crippen molar-refractivity contribution in [2.24, 2.45) is 0 Å². The highest BCUT2D eigenvalue weighted by atomic mass is 79.9. The van der Waals surface area contributed by atoms with Crippen LogP contribution in [0.3, 0.4) is 0 Å². The zero-order valence-electron chi connectivity index (χ0n) is 3.97. The van der Waals surface area contributed by atoms with Crippen LogP contribution in [0.1, 0.15) is 0 Å². The molecule has 0 saturated heterocycles. The Morgan fingerprint density at radius 3 is 2.14 bits per heavy atom. The minimum absolute atomic E-state index is 0.0293. The van der Waals surface area contributed by atoms with E-state index in [0.29, 0.717) is 0 Å². The lowest BCUT2D eigenvalue weighted by Gasteiger charge is -1.89. The van der Waals surface area contributed by atoms with E-state index >= 15 is 0 Å². The van der Waals surface area contributed by atoms with E-state index in [2.05, 4.69) is 37.2 Å². The third-order valence-electron chi connectivity index (χ3n) is 1.01. The fourth-order valence-electron chi connectivity index (χ4n) is 0.581. The first kappa shape index (κ1) is 5.86. The van der Waals surface area contributed by atoms with Crippen molar-refractivity contribution in [3.8, 4) is 0 Å². The van der Waals surface area contributed by atoms with Gasteiger partial charge in [0.1, 0.15) is 0 Å². The van der Waals surface area contributed by atoms with Gasteiger partial charge in [-0.1, -0.05) is 16.2 Å². The summed E-state index contributed by atoms with van der Waals surface area (Å²) in [6, 6.07) is 0. The third-order valence-corrected chi connectivity index (χ3v) is 4.15. The van der Waals surface area contributed by atoms with Gasteiger partial charge in [0.2, 0.25) is 0 Å². The largest absolute Gasteiger partial charge is 0.480 e. The minimum Gasteiger partial charge on any atom is -0.306 e. The van der Waals surface area contributed by atoms with Gasteiger partial charge in [-0.2, -0.15) is 0 Å². The Bertz CT molecular complexity index is 94.6. The molecule has 0 fully saturated rings. The van der Waals surface area contributed by atoms with Crippen LogP contribution in [-0.4, -0.2) is 18.2 Å². The summed E-state index contributed by atoms with van der Waals surface area (Å²) in [5.74, 6) is 0. The molecule has 0 saturated carbocycles. The third kappa shape index (κ3) is 1.59. The number of rotatable bonds is 1. The summed E-state index contributed by atoms with van der Waals surface area (Å²) in [4.78, 5) is 0. The van der Waals surface area contributed by atoms with E-state index in [-0.39, 0.29) is 18.2 Å². The normalized spacial score (nSPS) is 17.9. The Labute approximate surface area is 59.3 Å². The molecule has 1 aliphatic carbocycles. The van der Waals surface area contributed by atoms with Gasteiger partial charge < -0.3 is 12.9 Å². The zero-order valence-corrected chi connectivity index (χ0v) is 6.97. The van der Waals surface area contributed by atoms with Crippen molar-refractivity contribution >= 4 is 31.1 Å². The summed E-state index contributed by atoms with van der Waals surface area (Å²) in [7, 11) is 0. The smallest absolute Gasteiger partial charge is 0.306 e. The molecule has 0 heterocycles. The highest BCUT2D eigenvalue weighted by Gasteiger charge is 2.02. The lowest BCUT2D eigenvalue weighted by Crippen LogP contribution is -1.82. The van der Waals surface area contributed by atoms with Crippen molar-refractivity contribution in [3.05, 3.63) is 24.3 Å². The maximum Gasteiger partial charge on any atom is 0.480 e. The Kier molecular flexibility index (Phi) is 2.42. The van der Waals surface area contributed by atoms with Crippen LogP contribution in [0.15, 0.2) is 24.3 Å². The molecule has 0 atom stereocenters. The summed E-state index contributed by atoms with van der Waals surface area (Å²) >= 11 is 3.54. The molecule has 1 rings (SSSR count). The van der Waals surface area contributed by atoms with E-state index < -0.39 is 0 Å². The van der Waals surface area contributed by atoms with E-state index in [9.17, 15) is 0 Å². The topological polar surface area (TPSA) is 0 Å². The molecule has 0 radical (unpaired) electrons. The maximum absolute atomic E-state index is 3.51. The van der Waals surface area contributed by atoms with Gasteiger partial charge in [0.15, 0.2) is 0 Å². The summed E-state index contributed by atoms with van der Waals surface area (Å²) in [6.45, 7) is 0. The van der Waals surface area contributed by atoms with Crippen molar-refractivity contribution in [3.63, 3.8) is 0 Å². The van der Waals surface area contributed by atoms with E-state index in [1.165, 1.54) is 0 Å². The van der Waals surface area contributed by atoms with Gasteiger partial charge in [-0.05, 0) is 0 Å². The van der Waals surface area contributed by atoms with Gasteiger partial charge >= 0.3 is 18.2 Å². The van der Waals surface area contributed by atoms with Gasteiger partial charge in [0, 0.05) is 0 Å². The molecule has 2 heteroatoms. The molecule has 1 aliphatic rings. The molecule has 7 heavy (non-hydrogen) atoms. The Balaban J connectivity index is 2.44. The van der Waals surface area contributed by atoms with Crippen molar-refractivity contribution in [1.82, 2.24) is 0 Å². The van der Waals surface area contributed by atoms with Crippen molar-refractivity contribution < 1.29 is 0 Å². The zero-order chi connectivity index (χ0) is 5.11. The SMILES string of the molecule is [Br][Mg][CH]1C=CC=C1. The maximum atomic E-state index is 3.51. The molecule has 0 aromatic carbocycles. The molecule has 0 spiro atoms. The van der Waals surface area contributed by atoms with Gasteiger partial charge in [0.05, 0.1) is 0 Å². The Morgan fingerprint density at radius 2 is 1.86 bits per heavy atom. The molecule has 0 aromatic rings. The van der Waals surface area contributed by atoms with Gasteiger partial charge in [-0.3, -0.25) is 0 Å². The van der Waals surface area contributed by atoms with Gasteiger partial charge in [-0.15, -0.1) is 12.2 Å². The van der Waals surface area contributed by atoms with E-state index in [1.807, 2.05) is 0 Å². The fourth-order valence-corrected chi connectivity index (χ4v) is 2.40. The molecule has 0 amide bonds. The second kappa shape index (κ2) is 2.90. The fraction of sp³-hybridized carbons (Fsp3) is 0.200. The summed E-state index contributed by atoms with van der Waals surface area (Å²) in [6.07, 6.45) is 8.69.